The van der Waals surface area contributed by atoms with Crippen LogP contribution in [0.4, 0.5) is 13.2 Å². The van der Waals surface area contributed by atoms with Crippen molar-refractivity contribution >= 4 is 34.9 Å². The van der Waals surface area contributed by atoms with Crippen molar-refractivity contribution in [2.45, 2.75) is 26.1 Å². The van der Waals surface area contributed by atoms with E-state index in [0.29, 0.717) is 13.1 Å². The van der Waals surface area contributed by atoms with E-state index in [1.807, 2.05) is 0 Å². The minimum atomic E-state index is -4.53. The monoisotopic (exact) mass is 443 g/mol. The Morgan fingerprint density at radius 3 is 2.62 bits per heavy atom. The number of amides is 1. The predicted molar refractivity (Wildman–Crippen MR) is 109 cm³/mol. The molecule has 1 amide bonds. The molecule has 0 unspecified atom stereocenters. The van der Waals surface area contributed by atoms with Gasteiger partial charge in [0.15, 0.2) is 0 Å². The van der Waals surface area contributed by atoms with Gasteiger partial charge in [-0.3, -0.25) is 9.69 Å². The van der Waals surface area contributed by atoms with Crippen molar-refractivity contribution < 1.29 is 18.0 Å². The number of benzene rings is 1. The lowest BCUT2D eigenvalue weighted by Gasteiger charge is -2.33. The van der Waals surface area contributed by atoms with E-state index < -0.39 is 11.7 Å². The number of carbonyl (C=O) groups excluding carboxylic acids is 1. The Kier molecular flexibility index (Phi) is 6.97. The zero-order valence-electron chi connectivity index (χ0n) is 15.9. The fourth-order valence-corrected chi connectivity index (χ4v) is 4.04. The molecule has 29 heavy (non-hydrogen) atoms. The van der Waals surface area contributed by atoms with Gasteiger partial charge in [0.05, 0.1) is 21.3 Å². The molecule has 1 aliphatic rings. The van der Waals surface area contributed by atoms with Gasteiger partial charge >= 0.3 is 6.18 Å². The maximum absolute atomic E-state index is 12.9. The highest BCUT2D eigenvalue weighted by Crippen LogP contribution is 2.35. The molecule has 1 saturated heterocycles. The molecule has 0 atom stereocenters. The Morgan fingerprint density at radius 2 is 2.00 bits per heavy atom. The number of hydrogen-bond acceptors (Lipinski definition) is 4. The van der Waals surface area contributed by atoms with E-state index in [-0.39, 0.29) is 16.5 Å². The molecule has 9 heteroatoms. The van der Waals surface area contributed by atoms with Gasteiger partial charge < -0.3 is 4.90 Å². The van der Waals surface area contributed by atoms with Gasteiger partial charge in [-0.25, -0.2) is 4.98 Å². The molecule has 0 bridgehead atoms. The van der Waals surface area contributed by atoms with Gasteiger partial charge in [-0.2, -0.15) is 13.2 Å². The van der Waals surface area contributed by atoms with Crippen molar-refractivity contribution in [2.75, 3.05) is 26.2 Å². The van der Waals surface area contributed by atoms with Gasteiger partial charge in [0, 0.05) is 44.2 Å². The van der Waals surface area contributed by atoms with Crippen LogP contribution < -0.4 is 0 Å². The van der Waals surface area contributed by atoms with Crippen LogP contribution in [0.15, 0.2) is 29.7 Å². The first kappa shape index (κ1) is 21.8. The second kappa shape index (κ2) is 9.28. The first-order valence-electron chi connectivity index (χ1n) is 9.25. The van der Waals surface area contributed by atoms with Gasteiger partial charge in [-0.05, 0) is 30.2 Å². The molecule has 0 saturated carbocycles. The Bertz CT molecular complexity index is 889. The summed E-state index contributed by atoms with van der Waals surface area (Å²) in [5, 5.41) is 2.83. The number of rotatable bonds is 5. The quantitative estimate of drug-likeness (QED) is 0.626. The number of nitrogens with zero attached hydrogens (tertiary/aromatic N) is 3. The van der Waals surface area contributed by atoms with Crippen LogP contribution in [0.5, 0.6) is 0 Å². The Labute approximate surface area is 176 Å². The highest BCUT2D eigenvalue weighted by atomic mass is 35.5. The van der Waals surface area contributed by atoms with Crippen LogP contribution >= 0.6 is 22.9 Å². The van der Waals surface area contributed by atoms with E-state index in [2.05, 4.69) is 22.2 Å². The van der Waals surface area contributed by atoms with E-state index in [4.69, 9.17) is 11.6 Å². The van der Waals surface area contributed by atoms with Gasteiger partial charge in [-0.1, -0.05) is 24.6 Å². The van der Waals surface area contributed by atoms with E-state index in [9.17, 15) is 18.0 Å². The third-order valence-electron chi connectivity index (χ3n) is 4.69. The lowest BCUT2D eigenvalue weighted by atomic mass is 10.1. The summed E-state index contributed by atoms with van der Waals surface area (Å²) >= 11 is 7.28. The molecule has 1 aromatic heterocycles. The lowest BCUT2D eigenvalue weighted by molar-refractivity contribution is -0.137. The number of piperazine rings is 1. The summed E-state index contributed by atoms with van der Waals surface area (Å²) in [6, 6.07) is 3.59. The molecule has 0 spiro atoms. The third kappa shape index (κ3) is 5.81. The Balaban J connectivity index is 1.54. The third-order valence-corrected chi connectivity index (χ3v) is 6.06. The number of aromatic nitrogens is 1. The van der Waals surface area contributed by atoms with Crippen molar-refractivity contribution in [1.82, 2.24) is 14.8 Å². The first-order valence-corrected chi connectivity index (χ1v) is 10.5. The minimum absolute atomic E-state index is 0.213. The number of alkyl halides is 3. The normalized spacial score (nSPS) is 16.0. The molecule has 0 aliphatic carbocycles. The standard InChI is InChI=1S/C20H21ClF3N3OS/c1-2-18-25-15(13-29-18)12-26-7-9-27(10-8-26)19(28)6-4-14-3-5-17(21)16(11-14)20(22,23)24/h3-6,11,13H,2,7-10,12H2,1H3. The molecule has 4 nitrogen and oxygen atoms in total. The smallest absolute Gasteiger partial charge is 0.337 e. The molecule has 2 aromatic rings. The second-order valence-corrected chi connectivity index (χ2v) is 8.11. The topological polar surface area (TPSA) is 36.4 Å². The molecule has 2 heterocycles. The molecule has 3 rings (SSSR count). The molecule has 156 valence electrons. The van der Waals surface area contributed by atoms with Gasteiger partial charge in [0.2, 0.25) is 5.91 Å². The summed E-state index contributed by atoms with van der Waals surface area (Å²) in [4.78, 5) is 20.9. The summed E-state index contributed by atoms with van der Waals surface area (Å²) in [5.41, 5.74) is 0.425. The van der Waals surface area contributed by atoms with Crippen molar-refractivity contribution in [1.29, 1.82) is 0 Å². The van der Waals surface area contributed by atoms with Crippen molar-refractivity contribution in [3.63, 3.8) is 0 Å². The fraction of sp³-hybridized carbons (Fsp3) is 0.400. The minimum Gasteiger partial charge on any atom is -0.337 e. The lowest BCUT2D eigenvalue weighted by Crippen LogP contribution is -2.47. The molecule has 1 aliphatic heterocycles. The number of thiazole rings is 1. The summed E-state index contributed by atoms with van der Waals surface area (Å²) in [6.45, 7) is 5.45. The van der Waals surface area contributed by atoms with Gasteiger partial charge in [-0.15, -0.1) is 11.3 Å². The second-order valence-electron chi connectivity index (χ2n) is 6.76. The van der Waals surface area contributed by atoms with Crippen molar-refractivity contribution in [3.05, 3.63) is 56.5 Å². The number of halogens is 4. The van der Waals surface area contributed by atoms with E-state index in [1.54, 1.807) is 16.2 Å². The average Bonchev–Trinajstić information content (AvgIpc) is 3.14. The highest BCUT2D eigenvalue weighted by Gasteiger charge is 2.33. The summed E-state index contributed by atoms with van der Waals surface area (Å²) in [6.07, 6.45) is -0.900. The largest absolute Gasteiger partial charge is 0.417 e. The van der Waals surface area contributed by atoms with Crippen molar-refractivity contribution in [2.24, 2.45) is 0 Å². The highest BCUT2D eigenvalue weighted by molar-refractivity contribution is 7.09. The van der Waals surface area contributed by atoms with Crippen LogP contribution in [-0.4, -0.2) is 46.9 Å². The summed E-state index contributed by atoms with van der Waals surface area (Å²) in [5.74, 6) is -0.213. The van der Waals surface area contributed by atoms with Crippen LogP contribution in [0, 0.1) is 0 Å². The van der Waals surface area contributed by atoms with Crippen LogP contribution in [-0.2, 0) is 23.9 Å². The van der Waals surface area contributed by atoms with Gasteiger partial charge in [0.25, 0.3) is 0 Å². The Hall–Kier alpha value is -1.90. The Morgan fingerprint density at radius 1 is 1.28 bits per heavy atom. The van der Waals surface area contributed by atoms with Crippen LogP contribution in [0.2, 0.25) is 5.02 Å². The maximum Gasteiger partial charge on any atom is 0.417 e. The van der Waals surface area contributed by atoms with E-state index in [1.165, 1.54) is 24.3 Å². The number of hydrogen-bond donors (Lipinski definition) is 0. The number of aryl methyl sites for hydroxylation is 1. The fourth-order valence-electron chi connectivity index (χ4n) is 3.08. The molecule has 1 aromatic carbocycles. The SMILES string of the molecule is CCc1nc(CN2CCN(C(=O)C=Cc3ccc(Cl)c(C(F)(F)F)c3)CC2)cs1. The average molecular weight is 444 g/mol. The zero-order valence-corrected chi connectivity index (χ0v) is 17.4. The molecule has 0 radical (unpaired) electrons. The molecular weight excluding hydrogens is 423 g/mol. The molecular formula is C20H21ClF3N3OS. The summed E-state index contributed by atoms with van der Waals surface area (Å²) in [7, 11) is 0. The van der Waals surface area contributed by atoms with Crippen LogP contribution in [0.25, 0.3) is 6.08 Å². The summed E-state index contributed by atoms with van der Waals surface area (Å²) < 4.78 is 38.8. The van der Waals surface area contributed by atoms with Gasteiger partial charge in [0.1, 0.15) is 0 Å². The number of carbonyl (C=O) groups is 1. The maximum atomic E-state index is 12.9. The van der Waals surface area contributed by atoms with E-state index >= 15 is 0 Å². The zero-order chi connectivity index (χ0) is 21.0. The molecule has 0 N–H and O–H groups in total. The predicted octanol–water partition coefficient (Wildman–Crippen LogP) is 4.74. The molecule has 1 fully saturated rings. The van der Waals surface area contributed by atoms with Crippen LogP contribution in [0.3, 0.4) is 0 Å². The van der Waals surface area contributed by atoms with Crippen LogP contribution in [0.1, 0.15) is 28.8 Å². The first-order chi connectivity index (χ1) is 13.8. The van der Waals surface area contributed by atoms with Crippen molar-refractivity contribution in [3.8, 4) is 0 Å². The van der Waals surface area contributed by atoms with E-state index in [0.717, 1.165) is 42.8 Å².